The van der Waals surface area contributed by atoms with Crippen LogP contribution in [0.15, 0.2) is 42.9 Å². The highest BCUT2D eigenvalue weighted by molar-refractivity contribution is 5.83. The van der Waals surface area contributed by atoms with Gasteiger partial charge in [-0.2, -0.15) is 18.3 Å². The minimum Gasteiger partial charge on any atom is -0.342 e. The molecule has 0 spiro atoms. The van der Waals surface area contributed by atoms with Crippen molar-refractivity contribution in [1.82, 2.24) is 34.5 Å². The molecular formula is C29H31F4N7O. The fraction of sp³-hybridized carbons (Fsp3) is 0.448. The van der Waals surface area contributed by atoms with Crippen LogP contribution in [-0.4, -0.2) is 72.8 Å². The molecule has 1 saturated heterocycles. The number of piperazine rings is 1. The lowest BCUT2D eigenvalue weighted by molar-refractivity contribution is -0.162. The summed E-state index contributed by atoms with van der Waals surface area (Å²) < 4.78 is 55.2. The third kappa shape index (κ3) is 6.27. The van der Waals surface area contributed by atoms with Gasteiger partial charge in [-0.05, 0) is 55.5 Å². The number of aromatic nitrogens is 5. The molecule has 1 unspecified atom stereocenters. The monoisotopic (exact) mass is 569 g/mol. The Labute approximate surface area is 234 Å². The van der Waals surface area contributed by atoms with E-state index in [1.807, 2.05) is 36.0 Å². The van der Waals surface area contributed by atoms with Gasteiger partial charge in [-0.25, -0.2) is 9.37 Å². The van der Waals surface area contributed by atoms with Gasteiger partial charge in [0.05, 0.1) is 11.7 Å². The van der Waals surface area contributed by atoms with Crippen molar-refractivity contribution in [3.8, 4) is 11.1 Å². The minimum absolute atomic E-state index is 0.0203. The molecular weight excluding hydrogens is 538 g/mol. The Bertz CT molecular complexity index is 1550. The predicted octanol–water partition coefficient (Wildman–Crippen LogP) is 5.12. The number of nitrogens with zero attached hydrogens (tertiary/aromatic N) is 6. The van der Waals surface area contributed by atoms with Crippen LogP contribution in [0.2, 0.25) is 0 Å². The van der Waals surface area contributed by atoms with Gasteiger partial charge in [0.25, 0.3) is 0 Å². The van der Waals surface area contributed by atoms with E-state index in [0.29, 0.717) is 42.3 Å². The Hall–Kier alpha value is -3.80. The van der Waals surface area contributed by atoms with Gasteiger partial charge in [-0.1, -0.05) is 0 Å². The van der Waals surface area contributed by atoms with Crippen LogP contribution in [0.4, 0.5) is 17.6 Å². The summed E-state index contributed by atoms with van der Waals surface area (Å²) >= 11 is 0. The molecule has 12 heteroatoms. The topological polar surface area (TPSA) is 82.9 Å². The third-order valence-corrected chi connectivity index (χ3v) is 7.97. The van der Waals surface area contributed by atoms with Crippen molar-refractivity contribution in [1.29, 1.82) is 0 Å². The maximum Gasteiger partial charge on any atom is 0.397 e. The van der Waals surface area contributed by atoms with Crippen molar-refractivity contribution in [3.05, 3.63) is 65.8 Å². The molecule has 4 aromatic rings. The number of carbonyl (C=O) groups excluding carboxylic acids is 1. The Kier molecular flexibility index (Phi) is 7.27. The molecule has 4 heterocycles. The largest absolute Gasteiger partial charge is 0.397 e. The first-order valence-corrected chi connectivity index (χ1v) is 13.9. The van der Waals surface area contributed by atoms with Crippen LogP contribution >= 0.6 is 0 Å². The molecule has 216 valence electrons. The first kappa shape index (κ1) is 27.4. The molecule has 1 saturated carbocycles. The number of alkyl halides is 3. The van der Waals surface area contributed by atoms with Crippen molar-refractivity contribution in [2.24, 2.45) is 5.92 Å². The highest BCUT2D eigenvalue weighted by Gasteiger charge is 2.35. The summed E-state index contributed by atoms with van der Waals surface area (Å²) in [5, 5.41) is 4.39. The summed E-state index contributed by atoms with van der Waals surface area (Å²) in [4.78, 5) is 27.6. The molecule has 6 rings (SSSR count). The highest BCUT2D eigenvalue weighted by atomic mass is 19.4. The van der Waals surface area contributed by atoms with Crippen LogP contribution in [0.5, 0.6) is 0 Å². The van der Waals surface area contributed by atoms with Crippen molar-refractivity contribution >= 4 is 16.9 Å². The number of amides is 1. The number of H-pyrrole nitrogens is 1. The number of nitrogens with one attached hydrogen (secondary N) is 1. The molecule has 3 aromatic heterocycles. The average molecular weight is 570 g/mol. The van der Waals surface area contributed by atoms with Crippen LogP contribution in [0.1, 0.15) is 49.3 Å². The number of aromatic amines is 1. The molecule has 8 nitrogen and oxygen atoms in total. The summed E-state index contributed by atoms with van der Waals surface area (Å²) in [6, 6.07) is 7.43. The number of imidazole rings is 1. The van der Waals surface area contributed by atoms with Crippen molar-refractivity contribution < 1.29 is 22.4 Å². The lowest BCUT2D eigenvalue weighted by Crippen LogP contribution is -2.50. The summed E-state index contributed by atoms with van der Waals surface area (Å²) in [5.41, 5.74) is 3.83. The van der Waals surface area contributed by atoms with E-state index in [0.717, 1.165) is 23.4 Å². The lowest BCUT2D eigenvalue weighted by atomic mass is 10.1. The zero-order valence-corrected chi connectivity index (χ0v) is 22.7. The van der Waals surface area contributed by atoms with Gasteiger partial charge in [0.1, 0.15) is 17.8 Å². The van der Waals surface area contributed by atoms with E-state index in [2.05, 4.69) is 25.0 Å². The third-order valence-electron chi connectivity index (χ3n) is 7.97. The molecule has 2 fully saturated rings. The standard InChI is InChI=1S/C29H31F4N7O/c1-18(38-8-10-39(11-9-38)26(41)14-29(31,32)33)20-6-7-34-22(12-20)13-25-36-24-5-4-23(27(30)28(24)37-25)21-15-35-40(17-21)16-19-2-3-19/h4-7,12,15,17-19H,2-3,8-11,13-14,16H2,1H3,(H,36,37). The second-order valence-electron chi connectivity index (χ2n) is 11.0. The van der Waals surface area contributed by atoms with Gasteiger partial charge in [0.15, 0.2) is 5.82 Å². The number of rotatable bonds is 8. The quantitative estimate of drug-likeness (QED) is 0.298. The van der Waals surface area contributed by atoms with E-state index in [4.69, 9.17) is 0 Å². The maximum absolute atomic E-state index is 15.5. The molecule has 0 bridgehead atoms. The van der Waals surface area contributed by atoms with Gasteiger partial charge in [0, 0.05) is 74.4 Å². The molecule has 2 aliphatic rings. The van der Waals surface area contributed by atoms with E-state index >= 15 is 4.39 Å². The van der Waals surface area contributed by atoms with E-state index in [1.54, 1.807) is 18.5 Å². The van der Waals surface area contributed by atoms with E-state index in [1.165, 1.54) is 17.7 Å². The van der Waals surface area contributed by atoms with Crippen LogP contribution in [0.25, 0.3) is 22.2 Å². The van der Waals surface area contributed by atoms with Crippen LogP contribution < -0.4 is 0 Å². The second-order valence-corrected chi connectivity index (χ2v) is 11.0. The van der Waals surface area contributed by atoms with Crippen LogP contribution in [0.3, 0.4) is 0 Å². The number of fused-ring (bicyclic) bond motifs is 1. The zero-order valence-electron chi connectivity index (χ0n) is 22.7. The zero-order chi connectivity index (χ0) is 28.7. The van der Waals surface area contributed by atoms with E-state index in [9.17, 15) is 18.0 Å². The first-order chi connectivity index (χ1) is 19.6. The highest BCUT2D eigenvalue weighted by Crippen LogP contribution is 2.32. The van der Waals surface area contributed by atoms with E-state index < -0.39 is 18.5 Å². The van der Waals surface area contributed by atoms with Crippen LogP contribution in [0, 0.1) is 11.7 Å². The van der Waals surface area contributed by atoms with Gasteiger partial charge in [-0.3, -0.25) is 19.4 Å². The van der Waals surface area contributed by atoms with E-state index in [-0.39, 0.29) is 30.5 Å². The number of hydrogen-bond donors (Lipinski definition) is 1. The number of benzene rings is 1. The van der Waals surface area contributed by atoms with Gasteiger partial charge < -0.3 is 9.88 Å². The molecule has 1 aromatic carbocycles. The van der Waals surface area contributed by atoms with Crippen molar-refractivity contribution in [3.63, 3.8) is 0 Å². The molecule has 1 atom stereocenters. The number of carbonyl (C=O) groups is 1. The fourth-order valence-corrected chi connectivity index (χ4v) is 5.44. The van der Waals surface area contributed by atoms with Gasteiger partial charge in [-0.15, -0.1) is 0 Å². The average Bonchev–Trinajstić information content (AvgIpc) is 3.46. The second kappa shape index (κ2) is 10.9. The van der Waals surface area contributed by atoms with Gasteiger partial charge >= 0.3 is 6.18 Å². The first-order valence-electron chi connectivity index (χ1n) is 13.9. The Morgan fingerprint density at radius 2 is 1.93 bits per heavy atom. The fourth-order valence-electron chi connectivity index (χ4n) is 5.44. The smallest absolute Gasteiger partial charge is 0.342 e. The minimum atomic E-state index is -4.50. The van der Waals surface area contributed by atoms with Crippen LogP contribution in [-0.2, 0) is 17.8 Å². The van der Waals surface area contributed by atoms with Gasteiger partial charge in [0.2, 0.25) is 5.91 Å². The Balaban J connectivity index is 1.12. The molecule has 41 heavy (non-hydrogen) atoms. The number of halogens is 4. The molecule has 0 radical (unpaired) electrons. The molecule has 1 amide bonds. The van der Waals surface area contributed by atoms with Crippen molar-refractivity contribution in [2.75, 3.05) is 26.2 Å². The summed E-state index contributed by atoms with van der Waals surface area (Å²) in [6.07, 6.45) is 2.18. The van der Waals surface area contributed by atoms with Crippen molar-refractivity contribution in [2.45, 2.75) is 51.4 Å². The summed E-state index contributed by atoms with van der Waals surface area (Å²) in [5.74, 6) is -0.00521. The summed E-state index contributed by atoms with van der Waals surface area (Å²) in [7, 11) is 0. The molecule has 1 aliphatic carbocycles. The summed E-state index contributed by atoms with van der Waals surface area (Å²) in [6.45, 7) is 4.35. The lowest BCUT2D eigenvalue weighted by Gasteiger charge is -2.38. The maximum atomic E-state index is 15.5. The Morgan fingerprint density at radius 1 is 1.15 bits per heavy atom. The normalized spacial score (nSPS) is 17.3. The molecule has 1 aliphatic heterocycles. The SMILES string of the molecule is CC(c1ccnc(Cc2nc3c(F)c(-c4cnn(CC5CC5)c4)ccc3[nH]2)c1)N1CCN(C(=O)CC(F)(F)F)CC1. The predicted molar refractivity (Wildman–Crippen MR) is 144 cm³/mol. The Morgan fingerprint density at radius 3 is 2.66 bits per heavy atom. The molecule has 1 N–H and O–H groups in total. The number of hydrogen-bond acceptors (Lipinski definition) is 5. The number of pyridine rings is 1.